The fourth-order valence-electron chi connectivity index (χ4n) is 0.327. The molecule has 0 fully saturated rings. The quantitative estimate of drug-likeness (QED) is 0.385. The van der Waals surface area contributed by atoms with Crippen molar-refractivity contribution in [2.45, 2.75) is 6.92 Å². The Morgan fingerprint density at radius 2 is 2.22 bits per heavy atom. The van der Waals surface area contributed by atoms with Crippen molar-refractivity contribution in [1.29, 1.82) is 0 Å². The first-order chi connectivity index (χ1) is 4.31. The molecule has 0 heteroatoms. The maximum absolute atomic E-state index is 5.08. The Kier molecular flexibility index (Phi) is 4.26. The normalized spacial score (nSPS) is 11.3. The lowest BCUT2D eigenvalue weighted by Gasteiger charge is -1.78. The van der Waals surface area contributed by atoms with Crippen molar-refractivity contribution >= 4 is 0 Å². The van der Waals surface area contributed by atoms with E-state index < -0.39 is 0 Å². The second-order valence-corrected chi connectivity index (χ2v) is 1.61. The van der Waals surface area contributed by atoms with Crippen LogP contribution in [0.15, 0.2) is 36.5 Å². The SMILES string of the molecule is C#CC(C)=CC=CC=C. The van der Waals surface area contributed by atoms with Gasteiger partial charge in [0.15, 0.2) is 0 Å². The van der Waals surface area contributed by atoms with Gasteiger partial charge in [-0.3, -0.25) is 0 Å². The second-order valence-electron chi connectivity index (χ2n) is 1.61. The first-order valence-corrected chi connectivity index (χ1v) is 2.74. The molecule has 0 saturated heterocycles. The van der Waals surface area contributed by atoms with Crippen LogP contribution >= 0.6 is 0 Å². The molecule has 46 valence electrons. The van der Waals surface area contributed by atoms with E-state index in [2.05, 4.69) is 12.5 Å². The summed E-state index contributed by atoms with van der Waals surface area (Å²) in [5, 5.41) is 0. The molecule has 0 radical (unpaired) electrons. The molecule has 0 spiro atoms. The summed E-state index contributed by atoms with van der Waals surface area (Å²) in [6, 6.07) is 0. The summed E-state index contributed by atoms with van der Waals surface area (Å²) < 4.78 is 0. The van der Waals surface area contributed by atoms with Gasteiger partial charge in [0.1, 0.15) is 0 Å². The molecular weight excluding hydrogens is 108 g/mol. The zero-order valence-corrected chi connectivity index (χ0v) is 5.59. The van der Waals surface area contributed by atoms with Gasteiger partial charge in [0.25, 0.3) is 0 Å². The average molecular weight is 118 g/mol. The highest BCUT2D eigenvalue weighted by Gasteiger charge is 1.71. The highest BCUT2D eigenvalue weighted by Crippen LogP contribution is 1.88. The van der Waals surface area contributed by atoms with Gasteiger partial charge in [0.2, 0.25) is 0 Å². The molecule has 0 aliphatic rings. The zero-order chi connectivity index (χ0) is 7.11. The first-order valence-electron chi connectivity index (χ1n) is 2.74. The summed E-state index contributed by atoms with van der Waals surface area (Å²) in [5.41, 5.74) is 0.924. The Labute approximate surface area is 56.6 Å². The van der Waals surface area contributed by atoms with Gasteiger partial charge in [-0.15, -0.1) is 6.42 Å². The van der Waals surface area contributed by atoms with Crippen LogP contribution in [0.3, 0.4) is 0 Å². The number of terminal acetylenes is 1. The van der Waals surface area contributed by atoms with Crippen molar-refractivity contribution in [3.05, 3.63) is 36.5 Å². The van der Waals surface area contributed by atoms with E-state index in [1.807, 2.05) is 25.2 Å². The maximum atomic E-state index is 5.08. The number of allylic oxidation sites excluding steroid dienone is 5. The molecule has 0 aromatic rings. The molecule has 0 amide bonds. The molecule has 0 aromatic heterocycles. The Morgan fingerprint density at radius 3 is 2.67 bits per heavy atom. The van der Waals surface area contributed by atoms with Crippen molar-refractivity contribution in [2.75, 3.05) is 0 Å². The number of hydrogen-bond acceptors (Lipinski definition) is 0. The molecule has 0 unspecified atom stereocenters. The van der Waals surface area contributed by atoms with Crippen LogP contribution in [-0.4, -0.2) is 0 Å². The van der Waals surface area contributed by atoms with Gasteiger partial charge < -0.3 is 0 Å². The first kappa shape index (κ1) is 7.78. The lowest BCUT2D eigenvalue weighted by Crippen LogP contribution is -1.61. The maximum Gasteiger partial charge on any atom is -0.00135 e. The van der Waals surface area contributed by atoms with Crippen molar-refractivity contribution in [1.82, 2.24) is 0 Å². The van der Waals surface area contributed by atoms with Gasteiger partial charge in [-0.05, 0) is 12.5 Å². The molecule has 0 atom stereocenters. The summed E-state index contributed by atoms with van der Waals surface area (Å²) in [6.45, 7) is 5.40. The van der Waals surface area contributed by atoms with Crippen molar-refractivity contribution in [2.24, 2.45) is 0 Å². The van der Waals surface area contributed by atoms with Crippen molar-refractivity contribution in [3.8, 4) is 12.3 Å². The second kappa shape index (κ2) is 4.93. The summed E-state index contributed by atoms with van der Waals surface area (Å²) >= 11 is 0. The summed E-state index contributed by atoms with van der Waals surface area (Å²) in [5.74, 6) is 2.50. The van der Waals surface area contributed by atoms with Crippen LogP contribution in [0.1, 0.15) is 6.92 Å². The van der Waals surface area contributed by atoms with Crippen molar-refractivity contribution < 1.29 is 0 Å². The van der Waals surface area contributed by atoms with E-state index in [0.29, 0.717) is 0 Å². The van der Waals surface area contributed by atoms with Crippen LogP contribution in [0.25, 0.3) is 0 Å². The van der Waals surface area contributed by atoms with Gasteiger partial charge >= 0.3 is 0 Å². The van der Waals surface area contributed by atoms with E-state index in [1.165, 1.54) is 0 Å². The summed E-state index contributed by atoms with van der Waals surface area (Å²) in [4.78, 5) is 0. The fourth-order valence-corrected chi connectivity index (χ4v) is 0.327. The molecule has 0 N–H and O–H groups in total. The largest absolute Gasteiger partial charge is 0.115 e. The molecule has 9 heavy (non-hydrogen) atoms. The minimum Gasteiger partial charge on any atom is -0.115 e. The smallest absolute Gasteiger partial charge is 0.00135 e. The average Bonchev–Trinajstić information content (AvgIpc) is 1.89. The molecule has 0 aliphatic carbocycles. The molecule has 0 nitrogen and oxygen atoms in total. The topological polar surface area (TPSA) is 0 Å². The van der Waals surface area contributed by atoms with Gasteiger partial charge in [-0.1, -0.05) is 36.8 Å². The van der Waals surface area contributed by atoms with Gasteiger partial charge in [-0.25, -0.2) is 0 Å². The molecule has 0 aromatic carbocycles. The Morgan fingerprint density at radius 1 is 1.56 bits per heavy atom. The standard InChI is InChI=1S/C9H10/c1-4-6-7-8-9(3)5-2/h2,4,6-8H,1H2,3H3. The molecule has 0 bridgehead atoms. The molecule has 0 rings (SSSR count). The molecular formula is C9H10. The Bertz CT molecular complexity index is 175. The third kappa shape index (κ3) is 4.64. The van der Waals surface area contributed by atoms with Gasteiger partial charge in [0.05, 0.1) is 0 Å². The lowest BCUT2D eigenvalue weighted by molar-refractivity contribution is 1.58. The van der Waals surface area contributed by atoms with E-state index in [9.17, 15) is 0 Å². The van der Waals surface area contributed by atoms with Gasteiger partial charge in [0, 0.05) is 0 Å². The summed E-state index contributed by atoms with van der Waals surface area (Å²) in [7, 11) is 0. The third-order valence-corrected chi connectivity index (χ3v) is 0.821. The Hall–Kier alpha value is -1.22. The van der Waals surface area contributed by atoms with Gasteiger partial charge in [-0.2, -0.15) is 0 Å². The molecule has 0 aliphatic heterocycles. The monoisotopic (exact) mass is 118 g/mol. The van der Waals surface area contributed by atoms with Crippen LogP contribution in [0.2, 0.25) is 0 Å². The molecule has 0 heterocycles. The van der Waals surface area contributed by atoms with E-state index in [4.69, 9.17) is 6.42 Å². The van der Waals surface area contributed by atoms with Crippen LogP contribution in [0.4, 0.5) is 0 Å². The van der Waals surface area contributed by atoms with Crippen LogP contribution < -0.4 is 0 Å². The lowest BCUT2D eigenvalue weighted by atomic mass is 10.3. The number of rotatable bonds is 2. The zero-order valence-electron chi connectivity index (χ0n) is 5.59. The van der Waals surface area contributed by atoms with E-state index in [-0.39, 0.29) is 0 Å². The fraction of sp³-hybridized carbons (Fsp3) is 0.111. The van der Waals surface area contributed by atoms with E-state index in [0.717, 1.165) is 5.57 Å². The van der Waals surface area contributed by atoms with E-state index in [1.54, 1.807) is 6.08 Å². The predicted molar refractivity (Wildman–Crippen MR) is 41.9 cm³/mol. The highest BCUT2D eigenvalue weighted by molar-refractivity contribution is 5.27. The molecule has 0 saturated carbocycles. The van der Waals surface area contributed by atoms with Crippen molar-refractivity contribution in [3.63, 3.8) is 0 Å². The van der Waals surface area contributed by atoms with Crippen LogP contribution in [0.5, 0.6) is 0 Å². The minimum atomic E-state index is 0.924. The third-order valence-electron chi connectivity index (χ3n) is 0.821. The van der Waals surface area contributed by atoms with Crippen LogP contribution in [-0.2, 0) is 0 Å². The summed E-state index contributed by atoms with van der Waals surface area (Å²) in [6.07, 6.45) is 12.3. The highest BCUT2D eigenvalue weighted by atomic mass is 13.8. The minimum absolute atomic E-state index is 0.924. The Balaban J connectivity index is 3.86. The van der Waals surface area contributed by atoms with Crippen LogP contribution in [0, 0.1) is 12.3 Å². The number of hydrogen-bond donors (Lipinski definition) is 0. The van der Waals surface area contributed by atoms with E-state index >= 15 is 0 Å². The predicted octanol–water partition coefficient (Wildman–Crippen LogP) is 2.31.